The number of carbonyl (C=O) groups excluding carboxylic acids is 1. The fourth-order valence-electron chi connectivity index (χ4n) is 1.19. The van der Waals surface area contributed by atoms with Crippen molar-refractivity contribution in [1.29, 1.82) is 0 Å². The summed E-state index contributed by atoms with van der Waals surface area (Å²) in [6.45, 7) is 6.01. The van der Waals surface area contributed by atoms with E-state index in [1.807, 2.05) is 32.9 Å². The Morgan fingerprint density at radius 2 is 2.19 bits per heavy atom. The van der Waals surface area contributed by atoms with Crippen LogP contribution in [0, 0.1) is 6.92 Å². The smallest absolute Gasteiger partial charge is 0.239 e. The van der Waals surface area contributed by atoms with Gasteiger partial charge in [0, 0.05) is 10.5 Å². The van der Waals surface area contributed by atoms with E-state index in [2.05, 4.69) is 31.5 Å². The third kappa shape index (κ3) is 4.18. The number of rotatable bonds is 4. The number of pyridine rings is 1. The first-order valence-electron chi connectivity index (χ1n) is 5.15. The van der Waals surface area contributed by atoms with Crippen LogP contribution in [0.4, 0.5) is 5.82 Å². The molecule has 2 N–H and O–H groups in total. The minimum Gasteiger partial charge on any atom is -0.361 e. The molecular formula is C11H16BrN3O. The molecule has 16 heavy (non-hydrogen) atoms. The van der Waals surface area contributed by atoms with Crippen molar-refractivity contribution >= 4 is 27.7 Å². The molecule has 1 heterocycles. The summed E-state index contributed by atoms with van der Waals surface area (Å²) in [4.78, 5) is 15.7. The van der Waals surface area contributed by atoms with Gasteiger partial charge in [0.05, 0.1) is 12.2 Å². The fraction of sp³-hybridized carbons (Fsp3) is 0.455. The van der Waals surface area contributed by atoms with Gasteiger partial charge in [0.2, 0.25) is 5.91 Å². The number of hydrogen-bond acceptors (Lipinski definition) is 3. The van der Waals surface area contributed by atoms with Gasteiger partial charge in [-0.05, 0) is 48.8 Å². The van der Waals surface area contributed by atoms with Gasteiger partial charge in [0.1, 0.15) is 5.82 Å². The van der Waals surface area contributed by atoms with E-state index in [1.165, 1.54) is 0 Å². The zero-order valence-electron chi connectivity index (χ0n) is 9.67. The van der Waals surface area contributed by atoms with Gasteiger partial charge < -0.3 is 10.6 Å². The molecule has 0 unspecified atom stereocenters. The Morgan fingerprint density at radius 1 is 1.50 bits per heavy atom. The van der Waals surface area contributed by atoms with E-state index in [9.17, 15) is 4.79 Å². The number of carbonyl (C=O) groups is 1. The van der Waals surface area contributed by atoms with E-state index in [0.717, 1.165) is 10.2 Å². The lowest BCUT2D eigenvalue weighted by Crippen LogP contribution is -2.34. The summed E-state index contributed by atoms with van der Waals surface area (Å²) >= 11 is 3.37. The van der Waals surface area contributed by atoms with Crippen molar-refractivity contribution in [3.8, 4) is 0 Å². The quantitative estimate of drug-likeness (QED) is 0.891. The van der Waals surface area contributed by atoms with E-state index >= 15 is 0 Å². The second-order valence-electron chi connectivity index (χ2n) is 3.84. The molecule has 1 aromatic heterocycles. The first kappa shape index (κ1) is 13.0. The molecule has 0 fully saturated rings. The van der Waals surface area contributed by atoms with Crippen LogP contribution in [0.15, 0.2) is 16.6 Å². The van der Waals surface area contributed by atoms with E-state index in [1.54, 1.807) is 0 Å². The Labute approximate surface area is 104 Å². The average Bonchev–Trinajstić information content (AvgIpc) is 2.19. The SMILES string of the molecule is Cc1nc(NCC(=O)NC(C)C)ccc1Br. The second kappa shape index (κ2) is 5.84. The zero-order chi connectivity index (χ0) is 12.1. The molecule has 1 rings (SSSR count). The summed E-state index contributed by atoms with van der Waals surface area (Å²) in [5, 5.41) is 5.77. The fourth-order valence-corrected chi connectivity index (χ4v) is 1.41. The number of nitrogens with zero attached hydrogens (tertiary/aromatic N) is 1. The Morgan fingerprint density at radius 3 is 2.75 bits per heavy atom. The lowest BCUT2D eigenvalue weighted by atomic mass is 10.3. The molecular weight excluding hydrogens is 270 g/mol. The molecule has 0 aliphatic heterocycles. The summed E-state index contributed by atoms with van der Waals surface area (Å²) in [5.41, 5.74) is 0.897. The summed E-state index contributed by atoms with van der Waals surface area (Å²) in [7, 11) is 0. The summed E-state index contributed by atoms with van der Waals surface area (Å²) < 4.78 is 0.963. The highest BCUT2D eigenvalue weighted by Gasteiger charge is 2.04. The maximum Gasteiger partial charge on any atom is 0.239 e. The molecule has 0 saturated heterocycles. The molecule has 88 valence electrons. The highest BCUT2D eigenvalue weighted by atomic mass is 79.9. The van der Waals surface area contributed by atoms with Gasteiger partial charge in [-0.2, -0.15) is 0 Å². The van der Waals surface area contributed by atoms with Gasteiger partial charge in [-0.15, -0.1) is 0 Å². The van der Waals surface area contributed by atoms with Crippen molar-refractivity contribution in [3.63, 3.8) is 0 Å². The number of nitrogens with one attached hydrogen (secondary N) is 2. The van der Waals surface area contributed by atoms with Crippen LogP contribution in [0.25, 0.3) is 0 Å². The zero-order valence-corrected chi connectivity index (χ0v) is 11.3. The first-order chi connectivity index (χ1) is 7.49. The van der Waals surface area contributed by atoms with Crippen molar-refractivity contribution in [2.45, 2.75) is 26.8 Å². The highest BCUT2D eigenvalue weighted by molar-refractivity contribution is 9.10. The predicted molar refractivity (Wildman–Crippen MR) is 68.4 cm³/mol. The van der Waals surface area contributed by atoms with E-state index in [4.69, 9.17) is 0 Å². The van der Waals surface area contributed by atoms with E-state index < -0.39 is 0 Å². The molecule has 0 aromatic carbocycles. The molecule has 5 heteroatoms. The molecule has 0 aliphatic rings. The van der Waals surface area contributed by atoms with E-state index in [0.29, 0.717) is 5.82 Å². The highest BCUT2D eigenvalue weighted by Crippen LogP contribution is 2.15. The van der Waals surface area contributed by atoms with Gasteiger partial charge in [-0.3, -0.25) is 4.79 Å². The summed E-state index contributed by atoms with van der Waals surface area (Å²) in [6, 6.07) is 3.90. The van der Waals surface area contributed by atoms with Crippen LogP contribution in [0.2, 0.25) is 0 Å². The van der Waals surface area contributed by atoms with Crippen LogP contribution in [-0.4, -0.2) is 23.5 Å². The van der Waals surface area contributed by atoms with Crippen molar-refractivity contribution in [3.05, 3.63) is 22.3 Å². The third-order valence-corrected chi connectivity index (χ3v) is 2.74. The Kier molecular flexibility index (Phi) is 4.73. The Bertz CT molecular complexity index is 379. The van der Waals surface area contributed by atoms with Gasteiger partial charge >= 0.3 is 0 Å². The van der Waals surface area contributed by atoms with Gasteiger partial charge in [0.15, 0.2) is 0 Å². The topological polar surface area (TPSA) is 54.0 Å². The molecule has 0 aliphatic carbocycles. The van der Waals surface area contributed by atoms with Crippen molar-refractivity contribution < 1.29 is 4.79 Å². The number of amides is 1. The minimum atomic E-state index is -0.0302. The molecule has 0 bridgehead atoms. The monoisotopic (exact) mass is 285 g/mol. The lowest BCUT2D eigenvalue weighted by molar-refractivity contribution is -0.119. The standard InChI is InChI=1S/C11H16BrN3O/c1-7(2)14-11(16)6-13-10-5-4-9(12)8(3)15-10/h4-5,7H,6H2,1-3H3,(H,13,15)(H,14,16). The number of anilines is 1. The summed E-state index contributed by atoms with van der Waals surface area (Å²) in [6.07, 6.45) is 0. The number of aromatic nitrogens is 1. The van der Waals surface area contributed by atoms with Crippen LogP contribution >= 0.6 is 15.9 Å². The first-order valence-corrected chi connectivity index (χ1v) is 5.94. The molecule has 1 aromatic rings. The second-order valence-corrected chi connectivity index (χ2v) is 4.69. The maximum atomic E-state index is 11.4. The maximum absolute atomic E-state index is 11.4. The van der Waals surface area contributed by atoms with Gasteiger partial charge in [-0.25, -0.2) is 4.98 Å². The van der Waals surface area contributed by atoms with Gasteiger partial charge in [-0.1, -0.05) is 0 Å². The summed E-state index contributed by atoms with van der Waals surface area (Å²) in [5.74, 6) is 0.678. The lowest BCUT2D eigenvalue weighted by Gasteiger charge is -2.10. The van der Waals surface area contributed by atoms with Crippen LogP contribution in [-0.2, 0) is 4.79 Å². The van der Waals surface area contributed by atoms with Crippen molar-refractivity contribution in [2.24, 2.45) is 0 Å². The number of halogens is 1. The van der Waals surface area contributed by atoms with Crippen LogP contribution < -0.4 is 10.6 Å². The normalized spacial score (nSPS) is 10.3. The van der Waals surface area contributed by atoms with Crippen LogP contribution in [0.1, 0.15) is 19.5 Å². The van der Waals surface area contributed by atoms with Crippen LogP contribution in [0.3, 0.4) is 0 Å². The molecule has 0 atom stereocenters. The molecule has 1 amide bonds. The number of hydrogen-bond donors (Lipinski definition) is 2. The predicted octanol–water partition coefficient (Wildman–Crippen LogP) is 2.09. The molecule has 4 nitrogen and oxygen atoms in total. The Hall–Kier alpha value is -1.10. The third-order valence-electron chi connectivity index (χ3n) is 1.90. The number of aryl methyl sites for hydroxylation is 1. The van der Waals surface area contributed by atoms with Crippen molar-refractivity contribution in [2.75, 3.05) is 11.9 Å². The van der Waals surface area contributed by atoms with E-state index in [-0.39, 0.29) is 18.5 Å². The Balaban J connectivity index is 2.48. The largest absolute Gasteiger partial charge is 0.361 e. The van der Waals surface area contributed by atoms with Crippen molar-refractivity contribution in [1.82, 2.24) is 10.3 Å². The molecule has 0 spiro atoms. The molecule has 0 radical (unpaired) electrons. The minimum absolute atomic E-state index is 0.0302. The molecule has 0 saturated carbocycles. The van der Waals surface area contributed by atoms with Crippen LogP contribution in [0.5, 0.6) is 0 Å². The average molecular weight is 286 g/mol. The van der Waals surface area contributed by atoms with Gasteiger partial charge in [0.25, 0.3) is 0 Å².